The number of aromatic nitrogens is 2. The molecule has 1 aromatic heterocycles. The fourth-order valence-electron chi connectivity index (χ4n) is 3.13. The second kappa shape index (κ2) is 7.03. The number of carbonyl (C=O) groups is 1. The molecule has 2 heterocycles. The van der Waals surface area contributed by atoms with Crippen molar-refractivity contribution in [1.82, 2.24) is 9.55 Å². The molecule has 1 aliphatic heterocycles. The summed E-state index contributed by atoms with van der Waals surface area (Å²) in [6.45, 7) is 1.42. The molecule has 0 unspecified atom stereocenters. The van der Waals surface area contributed by atoms with Crippen molar-refractivity contribution in [1.29, 1.82) is 0 Å². The number of benzene rings is 2. The number of hydrogen-bond donors (Lipinski definition) is 1. The Morgan fingerprint density at radius 1 is 1.07 bits per heavy atom. The van der Waals surface area contributed by atoms with Crippen LogP contribution in [0.25, 0.3) is 0 Å². The molecule has 4 rings (SSSR count). The number of rotatable bonds is 5. The lowest BCUT2D eigenvalue weighted by molar-refractivity contribution is 0.0988. The van der Waals surface area contributed by atoms with Crippen LogP contribution in [-0.2, 0) is 6.54 Å². The van der Waals surface area contributed by atoms with Crippen LogP contribution >= 0.6 is 0 Å². The zero-order valence-corrected chi connectivity index (χ0v) is 15.2. The molecule has 138 valence electrons. The van der Waals surface area contributed by atoms with E-state index in [2.05, 4.69) is 10.3 Å². The summed E-state index contributed by atoms with van der Waals surface area (Å²) in [7, 11) is 3.23. The highest BCUT2D eigenvalue weighted by atomic mass is 16.5. The largest absolute Gasteiger partial charge is 0.497 e. The van der Waals surface area contributed by atoms with Crippen LogP contribution in [0.4, 0.5) is 17.3 Å². The van der Waals surface area contributed by atoms with E-state index >= 15 is 0 Å². The number of hydrogen-bond acceptors (Lipinski definition) is 5. The van der Waals surface area contributed by atoms with Crippen molar-refractivity contribution < 1.29 is 14.3 Å². The molecule has 0 atom stereocenters. The number of fused-ring (bicyclic) bond motifs is 1. The van der Waals surface area contributed by atoms with E-state index in [-0.39, 0.29) is 5.91 Å². The van der Waals surface area contributed by atoms with E-state index in [1.165, 1.54) is 0 Å². The SMILES string of the molecule is COc1ccc(Nc2ccc(C(=O)N3CCn4ccnc43)cc2)c(OC)c1. The lowest BCUT2D eigenvalue weighted by Gasteiger charge is -2.15. The van der Waals surface area contributed by atoms with Crippen molar-refractivity contribution in [2.24, 2.45) is 0 Å². The standard InChI is InChI=1S/C20H20N4O3/c1-26-16-7-8-17(18(13-16)27-2)22-15-5-3-14(4-6-15)19(25)24-12-11-23-10-9-21-20(23)24/h3-10,13,22H,11-12H2,1-2H3. The van der Waals surface area contributed by atoms with Gasteiger partial charge in [0.1, 0.15) is 11.5 Å². The summed E-state index contributed by atoms with van der Waals surface area (Å²) >= 11 is 0. The van der Waals surface area contributed by atoms with E-state index in [1.807, 2.05) is 53.2 Å². The topological polar surface area (TPSA) is 68.6 Å². The summed E-state index contributed by atoms with van der Waals surface area (Å²) in [6.07, 6.45) is 3.60. The van der Waals surface area contributed by atoms with Crippen LogP contribution < -0.4 is 19.7 Å². The summed E-state index contributed by atoms with van der Waals surface area (Å²) in [5.41, 5.74) is 2.30. The van der Waals surface area contributed by atoms with Crippen LogP contribution in [0.2, 0.25) is 0 Å². The molecule has 1 amide bonds. The summed E-state index contributed by atoms with van der Waals surface area (Å²) in [6, 6.07) is 12.9. The maximum absolute atomic E-state index is 12.8. The van der Waals surface area contributed by atoms with Crippen molar-refractivity contribution in [3.05, 3.63) is 60.4 Å². The number of ether oxygens (including phenoxy) is 2. The average molecular weight is 364 g/mol. The molecule has 0 radical (unpaired) electrons. The van der Waals surface area contributed by atoms with Crippen LogP contribution in [0, 0.1) is 0 Å². The molecule has 1 N–H and O–H groups in total. The van der Waals surface area contributed by atoms with Gasteiger partial charge >= 0.3 is 0 Å². The first kappa shape index (κ1) is 17.0. The van der Waals surface area contributed by atoms with Gasteiger partial charge in [0.05, 0.1) is 19.9 Å². The van der Waals surface area contributed by atoms with Crippen LogP contribution in [0.5, 0.6) is 11.5 Å². The zero-order chi connectivity index (χ0) is 18.8. The normalized spacial score (nSPS) is 12.6. The van der Waals surface area contributed by atoms with Crippen LogP contribution in [0.3, 0.4) is 0 Å². The molecule has 3 aromatic rings. The Morgan fingerprint density at radius 3 is 2.63 bits per heavy atom. The summed E-state index contributed by atoms with van der Waals surface area (Å²) in [4.78, 5) is 18.7. The lowest BCUT2D eigenvalue weighted by Crippen LogP contribution is -2.29. The minimum atomic E-state index is -0.0477. The monoisotopic (exact) mass is 364 g/mol. The number of imidazole rings is 1. The highest BCUT2D eigenvalue weighted by molar-refractivity contribution is 6.05. The van der Waals surface area contributed by atoms with Crippen LogP contribution in [0.1, 0.15) is 10.4 Å². The maximum Gasteiger partial charge on any atom is 0.260 e. The van der Waals surface area contributed by atoms with Gasteiger partial charge in [-0.15, -0.1) is 0 Å². The predicted molar refractivity (Wildman–Crippen MR) is 103 cm³/mol. The van der Waals surface area contributed by atoms with Crippen LogP contribution in [0.15, 0.2) is 54.9 Å². The van der Waals surface area contributed by atoms with Gasteiger partial charge in [0.15, 0.2) is 0 Å². The van der Waals surface area contributed by atoms with Crippen molar-refractivity contribution in [3.8, 4) is 11.5 Å². The molecule has 7 heteroatoms. The Labute approximate surface area is 157 Å². The zero-order valence-electron chi connectivity index (χ0n) is 15.2. The van der Waals surface area contributed by atoms with E-state index in [0.29, 0.717) is 23.8 Å². The van der Waals surface area contributed by atoms with Gasteiger partial charge in [-0.25, -0.2) is 4.98 Å². The summed E-state index contributed by atoms with van der Waals surface area (Å²) in [5, 5.41) is 3.30. The molecule has 0 bridgehead atoms. The van der Waals surface area contributed by atoms with Crippen LogP contribution in [-0.4, -0.2) is 36.2 Å². The molecule has 1 aliphatic rings. The van der Waals surface area contributed by atoms with Crippen molar-refractivity contribution in [3.63, 3.8) is 0 Å². The number of nitrogens with zero attached hydrogens (tertiary/aromatic N) is 3. The predicted octanol–water partition coefficient (Wildman–Crippen LogP) is 3.30. The molecular formula is C20H20N4O3. The van der Waals surface area contributed by atoms with E-state index in [0.717, 1.165) is 23.7 Å². The minimum absolute atomic E-state index is 0.0477. The average Bonchev–Trinajstić information content (AvgIpc) is 3.32. The number of carbonyl (C=O) groups excluding carboxylic acids is 1. The van der Waals surface area contributed by atoms with Gasteiger partial charge in [0, 0.05) is 42.8 Å². The summed E-state index contributed by atoms with van der Waals surface area (Å²) < 4.78 is 12.6. The Hall–Kier alpha value is -3.48. The fourth-order valence-corrected chi connectivity index (χ4v) is 3.13. The first-order valence-corrected chi connectivity index (χ1v) is 8.61. The molecule has 0 spiro atoms. The quantitative estimate of drug-likeness (QED) is 0.752. The Kier molecular flexibility index (Phi) is 4.42. The number of methoxy groups -OCH3 is 2. The smallest absolute Gasteiger partial charge is 0.260 e. The molecule has 2 aromatic carbocycles. The minimum Gasteiger partial charge on any atom is -0.497 e. The second-order valence-electron chi connectivity index (χ2n) is 6.15. The second-order valence-corrected chi connectivity index (χ2v) is 6.15. The third kappa shape index (κ3) is 3.19. The first-order chi connectivity index (χ1) is 13.2. The Balaban J connectivity index is 1.51. The van der Waals surface area contributed by atoms with Gasteiger partial charge in [-0.3, -0.25) is 9.69 Å². The van der Waals surface area contributed by atoms with E-state index < -0.39 is 0 Å². The van der Waals surface area contributed by atoms with Gasteiger partial charge in [-0.2, -0.15) is 0 Å². The Morgan fingerprint density at radius 2 is 1.89 bits per heavy atom. The summed E-state index contributed by atoms with van der Waals surface area (Å²) in [5.74, 6) is 2.06. The molecule has 7 nitrogen and oxygen atoms in total. The highest BCUT2D eigenvalue weighted by Crippen LogP contribution is 2.31. The van der Waals surface area contributed by atoms with Gasteiger partial charge in [-0.05, 0) is 36.4 Å². The van der Waals surface area contributed by atoms with Gasteiger partial charge in [-0.1, -0.05) is 0 Å². The molecule has 27 heavy (non-hydrogen) atoms. The Bertz CT molecular complexity index is 966. The third-order valence-corrected chi connectivity index (χ3v) is 4.56. The maximum atomic E-state index is 12.8. The first-order valence-electron chi connectivity index (χ1n) is 8.61. The third-order valence-electron chi connectivity index (χ3n) is 4.56. The van der Waals surface area contributed by atoms with Gasteiger partial charge in [0.2, 0.25) is 5.95 Å². The fraction of sp³-hybridized carbons (Fsp3) is 0.200. The van der Waals surface area contributed by atoms with E-state index in [4.69, 9.17) is 9.47 Å². The molecule has 0 saturated carbocycles. The van der Waals surface area contributed by atoms with Gasteiger partial charge in [0.25, 0.3) is 5.91 Å². The number of nitrogens with one attached hydrogen (secondary N) is 1. The van der Waals surface area contributed by atoms with Crippen molar-refractivity contribution >= 4 is 23.2 Å². The van der Waals surface area contributed by atoms with E-state index in [9.17, 15) is 4.79 Å². The van der Waals surface area contributed by atoms with Crippen molar-refractivity contribution in [2.45, 2.75) is 6.54 Å². The molecule has 0 fully saturated rings. The van der Waals surface area contributed by atoms with Gasteiger partial charge < -0.3 is 19.4 Å². The highest BCUT2D eigenvalue weighted by Gasteiger charge is 2.26. The molecule has 0 aliphatic carbocycles. The van der Waals surface area contributed by atoms with Crippen molar-refractivity contribution in [2.75, 3.05) is 31.0 Å². The lowest BCUT2D eigenvalue weighted by atomic mass is 10.1. The molecular weight excluding hydrogens is 344 g/mol. The van der Waals surface area contributed by atoms with E-state index in [1.54, 1.807) is 25.3 Å². The number of anilines is 3. The number of amides is 1. The molecule has 0 saturated heterocycles.